The summed E-state index contributed by atoms with van der Waals surface area (Å²) in [5, 5.41) is 1.85. The van der Waals surface area contributed by atoms with E-state index in [0.717, 1.165) is 77.8 Å². The summed E-state index contributed by atoms with van der Waals surface area (Å²) in [7, 11) is -2.45. The Morgan fingerprint density at radius 1 is 0.431 bits per heavy atom. The van der Waals surface area contributed by atoms with Crippen LogP contribution in [-0.4, -0.2) is 7.11 Å². The van der Waals surface area contributed by atoms with Gasteiger partial charge in [-0.15, -0.1) is 0 Å². The highest BCUT2D eigenvalue weighted by molar-refractivity contribution is 7.43. The van der Waals surface area contributed by atoms with Crippen LogP contribution in [0.1, 0.15) is 122 Å². The minimum absolute atomic E-state index is 0.266. The number of para-hydroxylation sites is 2. The van der Waals surface area contributed by atoms with Crippen molar-refractivity contribution in [2.24, 2.45) is 0 Å². The Balaban J connectivity index is 1.56. The van der Waals surface area contributed by atoms with Gasteiger partial charge >= 0.3 is 16.8 Å². The standard InChI is InChI=1S/C56H66O7P2/c1-35-27-41(49(45(30-35)53(4,5)6)60-64(58-38-23-19-17-20-24-38)59-39-25-21-18-22-26-39)42-28-36(2)31-46(54(7,8)9)50(42)61-65-62-51-43(29-37(3)32-47(51)55(10,11)12)44-33-40(57-16)34-48(52(44)63-65)56(13,14)15/h17-34H,1-16H3. The molecule has 0 amide bonds. The maximum absolute atomic E-state index is 7.46. The molecule has 0 saturated heterocycles. The Bertz CT molecular complexity index is 2830. The topological polar surface area (TPSA) is 72.4 Å². The van der Waals surface area contributed by atoms with Crippen molar-refractivity contribution in [3.63, 3.8) is 0 Å². The highest BCUT2D eigenvalue weighted by Crippen LogP contribution is 2.54. The molecule has 65 heavy (non-hydrogen) atoms. The molecule has 0 aliphatic heterocycles. The second kappa shape index (κ2) is 18.1. The summed E-state index contributed by atoms with van der Waals surface area (Å²) < 4.78 is 48.2. The molecule has 0 fully saturated rings. The zero-order valence-electron chi connectivity index (χ0n) is 41.1. The van der Waals surface area contributed by atoms with Gasteiger partial charge in [-0.25, -0.2) is 0 Å². The van der Waals surface area contributed by atoms with Gasteiger partial charge in [-0.1, -0.05) is 138 Å². The van der Waals surface area contributed by atoms with E-state index in [0.29, 0.717) is 23.0 Å². The zero-order chi connectivity index (χ0) is 47.2. The molecule has 7 nitrogen and oxygen atoms in total. The Kier molecular flexibility index (Phi) is 13.3. The second-order valence-corrected chi connectivity index (χ2v) is 23.2. The number of methoxy groups -OCH3 is 1. The molecule has 0 radical (unpaired) electrons. The fourth-order valence-electron chi connectivity index (χ4n) is 8.01. The van der Waals surface area contributed by atoms with Gasteiger partial charge in [0, 0.05) is 44.2 Å². The molecule has 0 bridgehead atoms. The Hall–Kier alpha value is -5.35. The van der Waals surface area contributed by atoms with E-state index in [1.54, 1.807) is 7.11 Å². The third-order valence-corrected chi connectivity index (χ3v) is 13.4. The number of ether oxygens (including phenoxy) is 1. The molecule has 0 N–H and O–H groups in total. The highest BCUT2D eigenvalue weighted by atomic mass is 31.2. The lowest BCUT2D eigenvalue weighted by Crippen LogP contribution is -2.16. The lowest BCUT2D eigenvalue weighted by Gasteiger charge is -2.29. The molecule has 1 aromatic heterocycles. The van der Waals surface area contributed by atoms with Crippen LogP contribution >= 0.6 is 16.8 Å². The monoisotopic (exact) mass is 912 g/mol. The molecule has 9 heteroatoms. The van der Waals surface area contributed by atoms with Gasteiger partial charge in [-0.2, -0.15) is 0 Å². The Morgan fingerprint density at radius 3 is 1.29 bits per heavy atom. The summed E-state index contributed by atoms with van der Waals surface area (Å²) in [5.74, 6) is 3.33. The van der Waals surface area contributed by atoms with E-state index in [9.17, 15) is 0 Å². The molecule has 1 unspecified atom stereocenters. The van der Waals surface area contributed by atoms with E-state index < -0.39 is 16.8 Å². The molecule has 0 aliphatic rings. The average Bonchev–Trinajstić information content (AvgIpc) is 3.36. The molecule has 1 atom stereocenters. The van der Waals surface area contributed by atoms with E-state index in [-0.39, 0.29) is 21.7 Å². The summed E-state index contributed by atoms with van der Waals surface area (Å²) in [6.45, 7) is 32.9. The lowest BCUT2D eigenvalue weighted by atomic mass is 9.80. The van der Waals surface area contributed by atoms with Crippen LogP contribution in [0.25, 0.3) is 33.1 Å². The molecule has 342 valence electrons. The molecule has 0 saturated carbocycles. The molecule has 7 rings (SSSR count). The van der Waals surface area contributed by atoms with Gasteiger partial charge in [0.2, 0.25) is 0 Å². The first-order chi connectivity index (χ1) is 30.4. The first-order valence-corrected chi connectivity index (χ1v) is 24.6. The van der Waals surface area contributed by atoms with E-state index >= 15 is 0 Å². The first kappa shape index (κ1) is 47.6. The van der Waals surface area contributed by atoms with Crippen LogP contribution in [0.2, 0.25) is 0 Å². The largest absolute Gasteiger partial charge is 0.530 e. The van der Waals surface area contributed by atoms with Crippen LogP contribution in [-0.2, 0) is 21.7 Å². The van der Waals surface area contributed by atoms with Crippen LogP contribution in [0.3, 0.4) is 0 Å². The molecule has 6 aromatic carbocycles. The molecule has 1 heterocycles. The van der Waals surface area contributed by atoms with Crippen molar-refractivity contribution in [1.82, 2.24) is 0 Å². The first-order valence-electron chi connectivity index (χ1n) is 22.4. The lowest BCUT2D eigenvalue weighted by molar-refractivity contribution is 0.383. The van der Waals surface area contributed by atoms with Crippen LogP contribution in [0.4, 0.5) is 0 Å². The summed E-state index contributed by atoms with van der Waals surface area (Å²) in [6, 6.07) is 36.7. The second-order valence-electron chi connectivity index (χ2n) is 21.2. The van der Waals surface area contributed by atoms with Gasteiger partial charge in [0.15, 0.2) is 0 Å². The molecular formula is C56H66O7P2. The minimum atomic E-state index is -2.14. The van der Waals surface area contributed by atoms with Crippen LogP contribution in [0.5, 0.6) is 28.7 Å². The van der Waals surface area contributed by atoms with Crippen molar-refractivity contribution >= 4 is 38.8 Å². The Morgan fingerprint density at radius 2 is 0.831 bits per heavy atom. The third-order valence-electron chi connectivity index (χ3n) is 11.3. The number of fused-ring (bicyclic) bond motifs is 3. The van der Waals surface area contributed by atoms with Crippen LogP contribution < -0.4 is 22.8 Å². The van der Waals surface area contributed by atoms with Crippen molar-refractivity contribution in [2.75, 3.05) is 7.11 Å². The molecule has 7 aromatic rings. The van der Waals surface area contributed by atoms with E-state index in [4.69, 9.17) is 31.2 Å². The van der Waals surface area contributed by atoms with Crippen molar-refractivity contribution in [2.45, 2.75) is 126 Å². The zero-order valence-corrected chi connectivity index (χ0v) is 42.9. The fourth-order valence-corrected chi connectivity index (χ4v) is 10.2. The summed E-state index contributed by atoms with van der Waals surface area (Å²) in [4.78, 5) is 0. The van der Waals surface area contributed by atoms with Crippen molar-refractivity contribution < 1.29 is 31.2 Å². The quantitative estimate of drug-likeness (QED) is 0.127. The predicted molar refractivity (Wildman–Crippen MR) is 271 cm³/mol. The van der Waals surface area contributed by atoms with Gasteiger partial charge in [-0.05, 0) is 114 Å². The van der Waals surface area contributed by atoms with Crippen molar-refractivity contribution in [3.05, 3.63) is 148 Å². The van der Waals surface area contributed by atoms with Gasteiger partial charge in [0.1, 0.15) is 39.9 Å². The maximum atomic E-state index is 7.46. The fraction of sp³-hybridized carbons (Fsp3) is 0.357. The van der Waals surface area contributed by atoms with Gasteiger partial charge < -0.3 is 31.2 Å². The predicted octanol–water partition coefficient (Wildman–Crippen LogP) is 17.7. The number of hydrogen-bond acceptors (Lipinski definition) is 7. The van der Waals surface area contributed by atoms with Crippen molar-refractivity contribution in [1.29, 1.82) is 0 Å². The van der Waals surface area contributed by atoms with Crippen LogP contribution in [0.15, 0.2) is 118 Å². The normalized spacial score (nSPS) is 12.7. The number of hydrogen-bond donors (Lipinski definition) is 0. The minimum Gasteiger partial charge on any atom is -0.497 e. The summed E-state index contributed by atoms with van der Waals surface area (Å²) >= 11 is 0. The van der Waals surface area contributed by atoms with Crippen molar-refractivity contribution in [3.8, 4) is 39.9 Å². The van der Waals surface area contributed by atoms with E-state index in [1.165, 1.54) is 0 Å². The van der Waals surface area contributed by atoms with Crippen LogP contribution in [0, 0.1) is 20.8 Å². The summed E-state index contributed by atoms with van der Waals surface area (Å²) in [5.41, 5.74) is 9.20. The van der Waals surface area contributed by atoms with E-state index in [1.807, 2.05) is 60.7 Å². The molecular weight excluding hydrogens is 847 g/mol. The maximum Gasteiger partial charge on any atom is 0.530 e. The highest BCUT2D eigenvalue weighted by Gasteiger charge is 2.33. The number of benzene rings is 6. The number of rotatable bonds is 10. The summed E-state index contributed by atoms with van der Waals surface area (Å²) in [6.07, 6.45) is 0. The molecule has 0 aliphatic carbocycles. The number of aryl methyl sites for hydroxylation is 3. The third kappa shape index (κ3) is 10.7. The average molecular weight is 913 g/mol. The SMILES string of the molecule is COc1cc(C(C)(C)C)c2op(Oc3c(-c4cc(C)cc(C(C)(C)C)c4OP(Oc4ccccc4)Oc4ccccc4)cc(C)cc3C(C)(C)C)oc3c(C(C)(C)C)cc(C)cc3c2c1. The van der Waals surface area contributed by atoms with E-state index in [2.05, 4.69) is 152 Å². The van der Waals surface area contributed by atoms with Gasteiger partial charge in [0.05, 0.1) is 7.11 Å². The van der Waals surface area contributed by atoms with Gasteiger partial charge in [-0.3, -0.25) is 0 Å². The Labute approximate surface area is 389 Å². The smallest absolute Gasteiger partial charge is 0.497 e. The van der Waals surface area contributed by atoms with Gasteiger partial charge in [0.25, 0.3) is 0 Å². The molecule has 0 spiro atoms.